The van der Waals surface area contributed by atoms with Crippen LogP contribution in [-0.2, 0) is 6.42 Å². The Labute approximate surface area is 131 Å². The topological polar surface area (TPSA) is 48.1 Å². The molecule has 102 valence electrons. The number of thiophene rings is 1. The molecule has 1 unspecified atom stereocenters. The highest BCUT2D eigenvalue weighted by molar-refractivity contribution is 14.1. The number of nitrogens with zero attached hydrogens (tertiary/aromatic N) is 1. The molecule has 0 aliphatic heterocycles. The smallest absolute Gasteiger partial charge is 0.128 e. The number of nitrogens with two attached hydrogens (primary N) is 1. The lowest BCUT2D eigenvalue weighted by Gasteiger charge is -2.15. The van der Waals surface area contributed by atoms with Gasteiger partial charge in [0.15, 0.2) is 0 Å². The van der Waals surface area contributed by atoms with Crippen molar-refractivity contribution in [3.8, 4) is 5.75 Å². The SMILES string of the molecule is COc1c(C)cnc(CC(N)c2csc(I)c2)c1C. The van der Waals surface area contributed by atoms with Crippen LogP contribution in [0.4, 0.5) is 0 Å². The second-order valence-electron chi connectivity index (χ2n) is 4.54. The monoisotopic (exact) mass is 388 g/mol. The van der Waals surface area contributed by atoms with Crippen molar-refractivity contribution >= 4 is 33.9 Å². The third-order valence-corrected chi connectivity index (χ3v) is 4.99. The molecule has 19 heavy (non-hydrogen) atoms. The van der Waals surface area contributed by atoms with E-state index in [4.69, 9.17) is 10.5 Å². The van der Waals surface area contributed by atoms with Gasteiger partial charge in [0, 0.05) is 35.5 Å². The van der Waals surface area contributed by atoms with Gasteiger partial charge in [-0.1, -0.05) is 0 Å². The van der Waals surface area contributed by atoms with Gasteiger partial charge in [0.1, 0.15) is 5.75 Å². The van der Waals surface area contributed by atoms with Crippen LogP contribution in [0.3, 0.4) is 0 Å². The van der Waals surface area contributed by atoms with E-state index in [-0.39, 0.29) is 6.04 Å². The van der Waals surface area contributed by atoms with E-state index in [1.54, 1.807) is 18.4 Å². The normalized spacial score (nSPS) is 12.5. The van der Waals surface area contributed by atoms with Crippen molar-refractivity contribution in [3.63, 3.8) is 0 Å². The van der Waals surface area contributed by atoms with Crippen LogP contribution in [-0.4, -0.2) is 12.1 Å². The maximum absolute atomic E-state index is 6.26. The zero-order chi connectivity index (χ0) is 14.0. The van der Waals surface area contributed by atoms with Crippen LogP contribution in [0.2, 0.25) is 0 Å². The Kier molecular flexibility index (Phi) is 4.81. The molecular weight excluding hydrogens is 371 g/mol. The van der Waals surface area contributed by atoms with E-state index in [9.17, 15) is 0 Å². The molecule has 2 aromatic heterocycles. The molecule has 3 nitrogen and oxygen atoms in total. The quantitative estimate of drug-likeness (QED) is 0.815. The van der Waals surface area contributed by atoms with Gasteiger partial charge in [0.2, 0.25) is 0 Å². The first kappa shape index (κ1) is 14.7. The Morgan fingerprint density at radius 2 is 2.21 bits per heavy atom. The largest absolute Gasteiger partial charge is 0.496 e. The minimum atomic E-state index is -0.0154. The summed E-state index contributed by atoms with van der Waals surface area (Å²) in [6.07, 6.45) is 2.58. The van der Waals surface area contributed by atoms with Gasteiger partial charge in [0.05, 0.1) is 9.99 Å². The van der Waals surface area contributed by atoms with E-state index < -0.39 is 0 Å². The summed E-state index contributed by atoms with van der Waals surface area (Å²) in [5.74, 6) is 0.914. The number of pyridine rings is 1. The molecule has 0 spiro atoms. The molecular formula is C14H17IN2OS. The summed E-state index contributed by atoms with van der Waals surface area (Å²) in [4.78, 5) is 4.50. The summed E-state index contributed by atoms with van der Waals surface area (Å²) >= 11 is 4.03. The lowest BCUT2D eigenvalue weighted by molar-refractivity contribution is 0.406. The minimum absolute atomic E-state index is 0.0154. The van der Waals surface area contributed by atoms with Crippen LogP contribution in [0.5, 0.6) is 5.75 Å². The Morgan fingerprint density at radius 3 is 2.79 bits per heavy atom. The predicted molar refractivity (Wildman–Crippen MR) is 87.9 cm³/mol. The van der Waals surface area contributed by atoms with Crippen molar-refractivity contribution in [2.75, 3.05) is 7.11 Å². The average Bonchev–Trinajstić information content (AvgIpc) is 2.80. The fourth-order valence-electron chi connectivity index (χ4n) is 2.12. The second kappa shape index (κ2) is 6.19. The van der Waals surface area contributed by atoms with E-state index in [1.165, 1.54) is 8.45 Å². The fraction of sp³-hybridized carbons (Fsp3) is 0.357. The summed E-state index contributed by atoms with van der Waals surface area (Å²) in [6.45, 7) is 4.04. The van der Waals surface area contributed by atoms with Crippen molar-refractivity contribution in [1.82, 2.24) is 4.98 Å². The highest BCUT2D eigenvalue weighted by Crippen LogP contribution is 2.28. The van der Waals surface area contributed by atoms with Crippen molar-refractivity contribution < 1.29 is 4.74 Å². The van der Waals surface area contributed by atoms with E-state index in [0.29, 0.717) is 0 Å². The summed E-state index contributed by atoms with van der Waals surface area (Å²) in [6, 6.07) is 2.12. The summed E-state index contributed by atoms with van der Waals surface area (Å²) in [5.41, 5.74) is 10.6. The molecule has 0 aliphatic rings. The Hall–Kier alpha value is -0.660. The van der Waals surface area contributed by atoms with Crippen molar-refractivity contribution in [1.29, 1.82) is 0 Å². The molecule has 0 saturated heterocycles. The molecule has 2 heterocycles. The molecule has 0 aliphatic carbocycles. The molecule has 0 saturated carbocycles. The standard InChI is InChI=1S/C14H17IN2OS/c1-8-6-17-12(9(2)14(8)18-3)5-11(16)10-4-13(15)19-7-10/h4,6-7,11H,5,16H2,1-3H3. The zero-order valence-corrected chi connectivity index (χ0v) is 14.2. The van der Waals surface area contributed by atoms with Gasteiger partial charge in [-0.15, -0.1) is 11.3 Å². The highest BCUT2D eigenvalue weighted by Gasteiger charge is 2.14. The summed E-state index contributed by atoms with van der Waals surface area (Å²) in [5, 5.41) is 2.12. The molecule has 1 atom stereocenters. The maximum Gasteiger partial charge on any atom is 0.128 e. The average molecular weight is 388 g/mol. The van der Waals surface area contributed by atoms with Crippen LogP contribution >= 0.6 is 33.9 Å². The van der Waals surface area contributed by atoms with Crippen molar-refractivity contribution in [3.05, 3.63) is 42.9 Å². The lowest BCUT2D eigenvalue weighted by Crippen LogP contribution is -2.14. The first-order valence-corrected chi connectivity index (χ1v) is 7.97. The molecule has 0 amide bonds. The van der Waals surface area contributed by atoms with Crippen molar-refractivity contribution in [2.45, 2.75) is 26.3 Å². The number of methoxy groups -OCH3 is 1. The molecule has 2 aromatic rings. The second-order valence-corrected chi connectivity index (χ2v) is 7.35. The third-order valence-electron chi connectivity index (χ3n) is 3.18. The first-order valence-electron chi connectivity index (χ1n) is 6.01. The third kappa shape index (κ3) is 3.27. The number of hydrogen-bond acceptors (Lipinski definition) is 4. The van der Waals surface area contributed by atoms with Gasteiger partial charge in [0.25, 0.3) is 0 Å². The number of rotatable bonds is 4. The number of ether oxygens (including phenoxy) is 1. The van der Waals surface area contributed by atoms with Crippen LogP contribution in [0.25, 0.3) is 0 Å². The first-order chi connectivity index (χ1) is 9.02. The fourth-order valence-corrected chi connectivity index (χ4v) is 3.56. The Morgan fingerprint density at radius 1 is 1.47 bits per heavy atom. The Bertz CT molecular complexity index is 583. The van der Waals surface area contributed by atoms with E-state index >= 15 is 0 Å². The van der Waals surface area contributed by atoms with Gasteiger partial charge in [-0.2, -0.15) is 0 Å². The van der Waals surface area contributed by atoms with Crippen LogP contribution < -0.4 is 10.5 Å². The molecule has 0 radical (unpaired) electrons. The molecule has 5 heteroatoms. The molecule has 0 bridgehead atoms. The number of halogens is 1. The van der Waals surface area contributed by atoms with Crippen molar-refractivity contribution in [2.24, 2.45) is 5.73 Å². The molecule has 0 aromatic carbocycles. The van der Waals surface area contributed by atoms with E-state index in [0.717, 1.165) is 29.0 Å². The van der Waals surface area contributed by atoms with Crippen LogP contribution in [0.15, 0.2) is 17.6 Å². The molecule has 2 rings (SSSR count). The van der Waals surface area contributed by atoms with E-state index in [2.05, 4.69) is 39.0 Å². The number of aromatic nitrogens is 1. The van der Waals surface area contributed by atoms with Crippen LogP contribution in [0.1, 0.15) is 28.4 Å². The van der Waals surface area contributed by atoms with Gasteiger partial charge < -0.3 is 10.5 Å². The molecule has 2 N–H and O–H groups in total. The summed E-state index contributed by atoms with van der Waals surface area (Å²) < 4.78 is 6.69. The minimum Gasteiger partial charge on any atom is -0.496 e. The number of hydrogen-bond donors (Lipinski definition) is 1. The lowest BCUT2D eigenvalue weighted by atomic mass is 10.0. The zero-order valence-electron chi connectivity index (χ0n) is 11.2. The van der Waals surface area contributed by atoms with Gasteiger partial charge in [-0.3, -0.25) is 4.98 Å². The Balaban J connectivity index is 2.24. The predicted octanol–water partition coefficient (Wildman–Crippen LogP) is 3.62. The van der Waals surface area contributed by atoms with Crippen LogP contribution in [0, 0.1) is 16.7 Å². The summed E-state index contributed by atoms with van der Waals surface area (Å²) in [7, 11) is 1.69. The van der Waals surface area contributed by atoms with Gasteiger partial charge in [-0.25, -0.2) is 0 Å². The van der Waals surface area contributed by atoms with Gasteiger partial charge in [-0.05, 0) is 53.4 Å². The number of aryl methyl sites for hydroxylation is 1. The highest BCUT2D eigenvalue weighted by atomic mass is 127. The van der Waals surface area contributed by atoms with Gasteiger partial charge >= 0.3 is 0 Å². The maximum atomic E-state index is 6.26. The van der Waals surface area contributed by atoms with E-state index in [1.807, 2.05) is 20.0 Å². The molecule has 0 fully saturated rings.